The van der Waals surface area contributed by atoms with E-state index in [1.165, 1.54) is 6.07 Å². The Morgan fingerprint density at radius 3 is 2.64 bits per heavy atom. The van der Waals surface area contributed by atoms with Gasteiger partial charge in [-0.3, -0.25) is 10.2 Å². The second-order valence-corrected chi connectivity index (χ2v) is 2.61. The van der Waals surface area contributed by atoms with E-state index in [4.69, 9.17) is 5.73 Å². The quantitative estimate of drug-likeness (QED) is 0.535. The zero-order chi connectivity index (χ0) is 10.6. The molecule has 0 aliphatic heterocycles. The standard InChI is InChI=1S/C8H10N4O2/c1-5-3-2-4-6(10-5)7(13)11-12-8(9)14/h2-4H,1H3,(H,11,13)(H3,9,12,14). The van der Waals surface area contributed by atoms with E-state index in [0.717, 1.165) is 5.69 Å². The van der Waals surface area contributed by atoms with Gasteiger partial charge in [0.1, 0.15) is 5.69 Å². The maximum Gasteiger partial charge on any atom is 0.330 e. The van der Waals surface area contributed by atoms with Gasteiger partial charge in [-0.15, -0.1) is 0 Å². The number of carbonyl (C=O) groups excluding carboxylic acids is 2. The first-order valence-electron chi connectivity index (χ1n) is 3.89. The maximum atomic E-state index is 11.3. The third kappa shape index (κ3) is 2.74. The van der Waals surface area contributed by atoms with Crippen molar-refractivity contribution in [3.05, 3.63) is 29.6 Å². The largest absolute Gasteiger partial charge is 0.350 e. The molecule has 0 unspecified atom stereocenters. The summed E-state index contributed by atoms with van der Waals surface area (Å²) in [5.74, 6) is -0.507. The van der Waals surface area contributed by atoms with E-state index in [0.29, 0.717) is 0 Å². The fraction of sp³-hybridized carbons (Fsp3) is 0.125. The van der Waals surface area contributed by atoms with Crippen LogP contribution in [0.15, 0.2) is 18.2 Å². The smallest absolute Gasteiger partial charge is 0.330 e. The molecular weight excluding hydrogens is 184 g/mol. The molecule has 1 aromatic rings. The van der Waals surface area contributed by atoms with E-state index in [-0.39, 0.29) is 5.69 Å². The maximum absolute atomic E-state index is 11.3. The van der Waals surface area contributed by atoms with Gasteiger partial charge >= 0.3 is 6.03 Å². The van der Waals surface area contributed by atoms with Gasteiger partial charge in [0.2, 0.25) is 0 Å². The monoisotopic (exact) mass is 194 g/mol. The molecular formula is C8H10N4O2. The van der Waals surface area contributed by atoms with Crippen LogP contribution in [0.5, 0.6) is 0 Å². The molecule has 3 amide bonds. The van der Waals surface area contributed by atoms with Crippen LogP contribution in [0.4, 0.5) is 4.79 Å². The third-order valence-electron chi connectivity index (χ3n) is 1.42. The number of nitrogens with one attached hydrogen (secondary N) is 2. The zero-order valence-electron chi connectivity index (χ0n) is 7.57. The van der Waals surface area contributed by atoms with E-state index in [1.807, 2.05) is 5.43 Å². The summed E-state index contributed by atoms with van der Waals surface area (Å²) in [6.45, 7) is 1.76. The Hall–Kier alpha value is -2.11. The summed E-state index contributed by atoms with van der Waals surface area (Å²) in [5, 5.41) is 0. The second kappa shape index (κ2) is 4.22. The van der Waals surface area contributed by atoms with E-state index >= 15 is 0 Å². The van der Waals surface area contributed by atoms with Crippen molar-refractivity contribution in [2.75, 3.05) is 0 Å². The fourth-order valence-electron chi connectivity index (χ4n) is 0.852. The van der Waals surface area contributed by atoms with Crippen LogP contribution in [-0.2, 0) is 0 Å². The summed E-state index contributed by atoms with van der Waals surface area (Å²) in [6.07, 6.45) is 0. The predicted octanol–water partition coefficient (Wildman–Crippen LogP) is -0.297. The average Bonchev–Trinajstić information content (AvgIpc) is 2.14. The van der Waals surface area contributed by atoms with Gasteiger partial charge in [-0.2, -0.15) is 0 Å². The minimum absolute atomic E-state index is 0.221. The Kier molecular flexibility index (Phi) is 3.01. The Labute approximate surface area is 80.5 Å². The first-order chi connectivity index (χ1) is 6.59. The molecule has 1 rings (SSSR count). The molecule has 14 heavy (non-hydrogen) atoms. The number of pyridine rings is 1. The van der Waals surface area contributed by atoms with Gasteiger partial charge in [0.15, 0.2) is 0 Å². The number of aromatic nitrogens is 1. The Morgan fingerprint density at radius 2 is 2.07 bits per heavy atom. The van der Waals surface area contributed by atoms with Crippen LogP contribution in [-0.4, -0.2) is 16.9 Å². The van der Waals surface area contributed by atoms with Gasteiger partial charge in [-0.05, 0) is 19.1 Å². The van der Waals surface area contributed by atoms with Crippen LogP contribution in [0.25, 0.3) is 0 Å². The first kappa shape index (κ1) is 9.97. The van der Waals surface area contributed by atoms with Crippen molar-refractivity contribution in [2.45, 2.75) is 6.92 Å². The van der Waals surface area contributed by atoms with Crippen LogP contribution in [0.2, 0.25) is 0 Å². The lowest BCUT2D eigenvalue weighted by atomic mass is 10.3. The number of rotatable bonds is 1. The zero-order valence-corrected chi connectivity index (χ0v) is 7.57. The summed E-state index contributed by atoms with van der Waals surface area (Å²) in [5.41, 5.74) is 9.77. The van der Waals surface area contributed by atoms with E-state index in [1.54, 1.807) is 19.1 Å². The van der Waals surface area contributed by atoms with Crippen LogP contribution < -0.4 is 16.6 Å². The number of urea groups is 1. The second-order valence-electron chi connectivity index (χ2n) is 2.61. The molecule has 0 aliphatic rings. The van der Waals surface area contributed by atoms with Gasteiger partial charge in [0.25, 0.3) is 5.91 Å². The summed E-state index contributed by atoms with van der Waals surface area (Å²) < 4.78 is 0. The highest BCUT2D eigenvalue weighted by atomic mass is 16.2. The summed E-state index contributed by atoms with van der Waals surface area (Å²) in [7, 11) is 0. The molecule has 0 aliphatic carbocycles. The Balaban J connectivity index is 2.65. The molecule has 74 valence electrons. The lowest BCUT2D eigenvalue weighted by Gasteiger charge is -2.03. The van der Waals surface area contributed by atoms with E-state index < -0.39 is 11.9 Å². The molecule has 0 radical (unpaired) electrons. The lowest BCUT2D eigenvalue weighted by Crippen LogP contribution is -2.44. The molecule has 0 saturated heterocycles. The van der Waals surface area contributed by atoms with Crippen LogP contribution in [0.3, 0.4) is 0 Å². The number of amides is 3. The van der Waals surface area contributed by atoms with Gasteiger partial charge < -0.3 is 5.73 Å². The van der Waals surface area contributed by atoms with Gasteiger partial charge in [0, 0.05) is 5.69 Å². The van der Waals surface area contributed by atoms with Crippen LogP contribution in [0.1, 0.15) is 16.2 Å². The molecule has 6 heteroatoms. The lowest BCUT2D eigenvalue weighted by molar-refractivity contribution is 0.0932. The molecule has 0 bridgehead atoms. The van der Waals surface area contributed by atoms with Gasteiger partial charge in [-0.1, -0.05) is 6.07 Å². The minimum atomic E-state index is -0.828. The average molecular weight is 194 g/mol. The van der Waals surface area contributed by atoms with Gasteiger partial charge in [-0.25, -0.2) is 15.2 Å². The van der Waals surface area contributed by atoms with Crippen molar-refractivity contribution in [3.63, 3.8) is 0 Å². The van der Waals surface area contributed by atoms with Crippen LogP contribution in [0, 0.1) is 6.92 Å². The van der Waals surface area contributed by atoms with Crippen LogP contribution >= 0.6 is 0 Å². The minimum Gasteiger partial charge on any atom is -0.350 e. The molecule has 0 spiro atoms. The number of primary amides is 1. The third-order valence-corrected chi connectivity index (χ3v) is 1.42. The van der Waals surface area contributed by atoms with E-state index in [9.17, 15) is 9.59 Å². The number of hydrogen-bond acceptors (Lipinski definition) is 3. The summed E-state index contributed by atoms with van der Waals surface area (Å²) in [4.78, 5) is 25.5. The molecule has 0 fully saturated rings. The number of aryl methyl sites for hydroxylation is 1. The van der Waals surface area contributed by atoms with Crippen molar-refractivity contribution < 1.29 is 9.59 Å². The highest BCUT2D eigenvalue weighted by Gasteiger charge is 2.06. The molecule has 1 heterocycles. The van der Waals surface area contributed by atoms with E-state index in [2.05, 4.69) is 10.4 Å². The molecule has 1 aromatic heterocycles. The highest BCUT2D eigenvalue weighted by Crippen LogP contribution is 1.96. The highest BCUT2D eigenvalue weighted by molar-refractivity contribution is 5.93. The summed E-state index contributed by atoms with van der Waals surface area (Å²) >= 11 is 0. The van der Waals surface area contributed by atoms with Crippen molar-refractivity contribution in [2.24, 2.45) is 5.73 Å². The summed E-state index contributed by atoms with van der Waals surface area (Å²) in [6, 6.07) is 4.16. The first-order valence-corrected chi connectivity index (χ1v) is 3.89. The molecule has 6 nitrogen and oxygen atoms in total. The molecule has 0 atom stereocenters. The number of hydrazine groups is 1. The van der Waals surface area contributed by atoms with Crippen molar-refractivity contribution in [3.8, 4) is 0 Å². The number of hydrogen-bond donors (Lipinski definition) is 3. The molecule has 0 aromatic carbocycles. The number of carbonyl (C=O) groups is 2. The Bertz CT molecular complexity index is 364. The van der Waals surface area contributed by atoms with Gasteiger partial charge in [0.05, 0.1) is 0 Å². The number of nitrogens with two attached hydrogens (primary N) is 1. The molecule has 4 N–H and O–H groups in total. The predicted molar refractivity (Wildman–Crippen MR) is 49.2 cm³/mol. The fourth-order valence-corrected chi connectivity index (χ4v) is 0.852. The van der Waals surface area contributed by atoms with Crippen molar-refractivity contribution >= 4 is 11.9 Å². The van der Waals surface area contributed by atoms with Crippen molar-refractivity contribution in [1.29, 1.82) is 0 Å². The SMILES string of the molecule is Cc1cccc(C(=O)NNC(N)=O)n1. The number of nitrogens with zero attached hydrogens (tertiary/aromatic N) is 1. The molecule has 0 saturated carbocycles. The Morgan fingerprint density at radius 1 is 1.36 bits per heavy atom. The normalized spacial score (nSPS) is 9.21. The topological polar surface area (TPSA) is 97.1 Å². The van der Waals surface area contributed by atoms with Crippen molar-refractivity contribution in [1.82, 2.24) is 15.8 Å².